The van der Waals surface area contributed by atoms with Crippen LogP contribution in [0.1, 0.15) is 13.8 Å². The number of rotatable bonds is 2. The van der Waals surface area contributed by atoms with Crippen LogP contribution in [0.5, 0.6) is 0 Å². The zero-order chi connectivity index (χ0) is 9.44. The minimum absolute atomic E-state index is 0.560. The van der Waals surface area contributed by atoms with Gasteiger partial charge in [0, 0.05) is 19.9 Å². The second-order valence-electron chi connectivity index (χ2n) is 2.05. The Morgan fingerprint density at radius 2 is 1.64 bits per heavy atom. The third kappa shape index (κ3) is 5.97. The zero-order valence-corrected chi connectivity index (χ0v) is 7.44. The lowest BCUT2D eigenvalue weighted by Gasteiger charge is -2.11. The molecule has 0 saturated heterocycles. The van der Waals surface area contributed by atoms with Crippen molar-refractivity contribution in [2.24, 2.45) is 4.99 Å². The summed E-state index contributed by atoms with van der Waals surface area (Å²) in [5.74, 6) is 0. The normalized spacial score (nSPS) is 16.5. The maximum absolute atomic E-state index is 9.01. The molecular weight excluding hydrogens is 146 g/mol. The van der Waals surface area contributed by atoms with Crippen molar-refractivity contribution in [3.8, 4) is 0 Å². The molecule has 0 aliphatic carbocycles. The van der Waals surface area contributed by atoms with Gasteiger partial charge in [0.05, 0.1) is 6.10 Å². The average molecular weight is 163 g/mol. The lowest BCUT2D eigenvalue weighted by atomic mass is 10.1. The van der Waals surface area contributed by atoms with Crippen molar-refractivity contribution >= 4 is 5.71 Å². The van der Waals surface area contributed by atoms with Gasteiger partial charge < -0.3 is 15.3 Å². The van der Waals surface area contributed by atoms with E-state index in [1.54, 1.807) is 14.0 Å². The Morgan fingerprint density at radius 1 is 1.27 bits per heavy atom. The number of aliphatic imine (C=N–C) groups is 1. The molecule has 0 spiro atoms. The predicted molar refractivity (Wildman–Crippen MR) is 44.9 cm³/mol. The van der Waals surface area contributed by atoms with Crippen LogP contribution in [0.4, 0.5) is 0 Å². The fraction of sp³-hybridized carbons (Fsp3) is 0.857. The molecule has 2 atom stereocenters. The second kappa shape index (κ2) is 7.65. The Kier molecular flexibility index (Phi) is 9.16. The first kappa shape index (κ1) is 13.2. The zero-order valence-electron chi connectivity index (χ0n) is 7.44. The monoisotopic (exact) mass is 163 g/mol. The number of aliphatic hydroxyl groups is 3. The van der Waals surface area contributed by atoms with Crippen LogP contribution < -0.4 is 0 Å². The molecule has 0 aromatic carbocycles. The van der Waals surface area contributed by atoms with Crippen molar-refractivity contribution in [2.45, 2.75) is 26.1 Å². The third-order valence-electron chi connectivity index (χ3n) is 1.24. The highest BCUT2D eigenvalue weighted by molar-refractivity contribution is 5.86. The minimum Gasteiger partial charge on any atom is -0.400 e. The summed E-state index contributed by atoms with van der Waals surface area (Å²) in [5.41, 5.74) is 0.560. The molecular formula is C7H17NO3. The van der Waals surface area contributed by atoms with Gasteiger partial charge in [0.25, 0.3) is 0 Å². The van der Waals surface area contributed by atoms with Crippen LogP contribution in [0, 0.1) is 0 Å². The molecule has 11 heavy (non-hydrogen) atoms. The van der Waals surface area contributed by atoms with E-state index in [9.17, 15) is 0 Å². The standard InChI is InChI=1S/C6H13NO2.CH4O/c1-4(7-3)6(9)5(2)8;1-2/h5-6,8-9H,1-3H3;2H,1H3/t5-,6?;/m1./s1. The molecule has 0 rings (SSSR count). The molecule has 0 heterocycles. The molecule has 0 fully saturated rings. The highest BCUT2D eigenvalue weighted by Crippen LogP contribution is 1.93. The fourth-order valence-electron chi connectivity index (χ4n) is 0.481. The van der Waals surface area contributed by atoms with E-state index in [0.29, 0.717) is 5.71 Å². The van der Waals surface area contributed by atoms with Crippen molar-refractivity contribution in [1.82, 2.24) is 0 Å². The summed E-state index contributed by atoms with van der Waals surface area (Å²) in [6.07, 6.45) is -1.54. The van der Waals surface area contributed by atoms with E-state index in [0.717, 1.165) is 7.11 Å². The number of hydrogen-bond donors (Lipinski definition) is 3. The summed E-state index contributed by atoms with van der Waals surface area (Å²) < 4.78 is 0. The first-order chi connectivity index (χ1) is 5.09. The van der Waals surface area contributed by atoms with E-state index in [1.807, 2.05) is 0 Å². The quantitative estimate of drug-likeness (QED) is 0.477. The Balaban J connectivity index is 0. The van der Waals surface area contributed by atoms with Crippen LogP contribution >= 0.6 is 0 Å². The number of aliphatic hydroxyl groups excluding tert-OH is 3. The van der Waals surface area contributed by atoms with Gasteiger partial charge in [-0.25, -0.2) is 0 Å². The molecule has 0 aliphatic rings. The van der Waals surface area contributed by atoms with E-state index < -0.39 is 12.2 Å². The molecule has 3 N–H and O–H groups in total. The molecule has 0 amide bonds. The van der Waals surface area contributed by atoms with Gasteiger partial charge in [-0.2, -0.15) is 0 Å². The van der Waals surface area contributed by atoms with Gasteiger partial charge in [-0.15, -0.1) is 0 Å². The molecule has 0 aliphatic heterocycles. The lowest BCUT2D eigenvalue weighted by molar-refractivity contribution is 0.0733. The van der Waals surface area contributed by atoms with E-state index in [2.05, 4.69) is 4.99 Å². The summed E-state index contributed by atoms with van der Waals surface area (Å²) in [7, 11) is 2.58. The number of nitrogens with zero attached hydrogens (tertiary/aromatic N) is 1. The maximum Gasteiger partial charge on any atom is 0.117 e. The Morgan fingerprint density at radius 3 is 1.73 bits per heavy atom. The molecule has 68 valence electrons. The highest BCUT2D eigenvalue weighted by Gasteiger charge is 2.12. The van der Waals surface area contributed by atoms with Gasteiger partial charge in [-0.1, -0.05) is 0 Å². The van der Waals surface area contributed by atoms with E-state index in [4.69, 9.17) is 15.3 Å². The lowest BCUT2D eigenvalue weighted by Crippen LogP contribution is -2.29. The van der Waals surface area contributed by atoms with E-state index in [-0.39, 0.29) is 0 Å². The molecule has 0 aromatic rings. The van der Waals surface area contributed by atoms with Gasteiger partial charge in [0.2, 0.25) is 0 Å². The van der Waals surface area contributed by atoms with Crippen LogP contribution in [0.2, 0.25) is 0 Å². The molecule has 0 saturated carbocycles. The Hall–Kier alpha value is -0.450. The predicted octanol–water partition coefficient (Wildman–Crippen LogP) is -0.573. The van der Waals surface area contributed by atoms with Crippen LogP contribution in [-0.4, -0.2) is 47.4 Å². The van der Waals surface area contributed by atoms with E-state index >= 15 is 0 Å². The van der Waals surface area contributed by atoms with Crippen molar-refractivity contribution in [3.63, 3.8) is 0 Å². The van der Waals surface area contributed by atoms with Crippen molar-refractivity contribution in [1.29, 1.82) is 0 Å². The third-order valence-corrected chi connectivity index (χ3v) is 1.24. The SMILES string of the molecule is CN=C(C)C(O)[C@@H](C)O.CO. The Bertz CT molecular complexity index is 112. The van der Waals surface area contributed by atoms with Crippen LogP contribution in [-0.2, 0) is 0 Å². The van der Waals surface area contributed by atoms with Crippen molar-refractivity contribution in [3.05, 3.63) is 0 Å². The smallest absolute Gasteiger partial charge is 0.117 e. The Labute approximate surface area is 67.2 Å². The van der Waals surface area contributed by atoms with Crippen LogP contribution in [0.3, 0.4) is 0 Å². The van der Waals surface area contributed by atoms with Crippen LogP contribution in [0.15, 0.2) is 4.99 Å². The molecule has 1 unspecified atom stereocenters. The van der Waals surface area contributed by atoms with Gasteiger partial charge in [-0.3, -0.25) is 4.99 Å². The fourth-order valence-corrected chi connectivity index (χ4v) is 0.481. The number of hydrogen-bond acceptors (Lipinski definition) is 4. The summed E-state index contributed by atoms with van der Waals surface area (Å²) in [5, 5.41) is 24.8. The first-order valence-electron chi connectivity index (χ1n) is 3.33. The summed E-state index contributed by atoms with van der Waals surface area (Å²) >= 11 is 0. The first-order valence-corrected chi connectivity index (χ1v) is 3.33. The van der Waals surface area contributed by atoms with Crippen LogP contribution in [0.25, 0.3) is 0 Å². The molecule has 0 bridgehead atoms. The van der Waals surface area contributed by atoms with Gasteiger partial charge >= 0.3 is 0 Å². The van der Waals surface area contributed by atoms with Gasteiger partial charge in [0.15, 0.2) is 0 Å². The molecule has 0 aromatic heterocycles. The second-order valence-corrected chi connectivity index (χ2v) is 2.05. The van der Waals surface area contributed by atoms with Gasteiger partial charge in [-0.05, 0) is 13.8 Å². The maximum atomic E-state index is 9.01. The summed E-state index contributed by atoms with van der Waals surface area (Å²) in [6.45, 7) is 3.21. The largest absolute Gasteiger partial charge is 0.400 e. The molecule has 4 heteroatoms. The van der Waals surface area contributed by atoms with E-state index in [1.165, 1.54) is 6.92 Å². The van der Waals surface area contributed by atoms with Crippen molar-refractivity contribution < 1.29 is 15.3 Å². The van der Waals surface area contributed by atoms with Gasteiger partial charge in [0.1, 0.15) is 6.10 Å². The topological polar surface area (TPSA) is 73.1 Å². The molecule has 4 nitrogen and oxygen atoms in total. The summed E-state index contributed by atoms with van der Waals surface area (Å²) in [4.78, 5) is 3.72. The minimum atomic E-state index is -0.810. The average Bonchev–Trinajstić information content (AvgIpc) is 2.05. The highest BCUT2D eigenvalue weighted by atomic mass is 16.3. The molecule has 0 radical (unpaired) electrons. The van der Waals surface area contributed by atoms with Crippen molar-refractivity contribution in [2.75, 3.05) is 14.2 Å². The summed E-state index contributed by atoms with van der Waals surface area (Å²) in [6, 6.07) is 0.